The fourth-order valence-corrected chi connectivity index (χ4v) is 11.8. The van der Waals surface area contributed by atoms with Crippen LogP contribution >= 0.6 is 0 Å². The van der Waals surface area contributed by atoms with Crippen LogP contribution in [0.4, 0.5) is 17.1 Å². The molecule has 79 heavy (non-hydrogen) atoms. The first kappa shape index (κ1) is 34.5. The van der Waals surface area contributed by atoms with Crippen LogP contribution in [0.3, 0.4) is 0 Å². The highest BCUT2D eigenvalue weighted by molar-refractivity contribution is 6.99. The quantitative estimate of drug-likeness (QED) is 0.155. The molecule has 0 saturated carbocycles. The molecule has 4 nitrogen and oxygen atoms in total. The Morgan fingerprint density at radius 3 is 1.44 bits per heavy atom. The van der Waals surface area contributed by atoms with Crippen LogP contribution in [0.25, 0.3) is 88.4 Å². The molecule has 0 atom stereocenters. The molecular formula is C74H58BN3O. The molecule has 11 aromatic carbocycles. The maximum Gasteiger partial charge on any atom is 0.256 e. The summed E-state index contributed by atoms with van der Waals surface area (Å²) in [7, 11) is 0. The predicted octanol–water partition coefficient (Wildman–Crippen LogP) is 17.9. The van der Waals surface area contributed by atoms with Gasteiger partial charge in [-0.05, 0) is 127 Å². The molecule has 4 heterocycles. The maximum absolute atomic E-state index is 9.93. The van der Waals surface area contributed by atoms with Crippen LogP contribution in [-0.2, 0) is 10.8 Å². The van der Waals surface area contributed by atoms with Crippen molar-refractivity contribution in [3.63, 3.8) is 0 Å². The Bertz CT molecular complexity index is 5390. The van der Waals surface area contributed by atoms with Crippen LogP contribution in [0, 0.1) is 0 Å². The van der Waals surface area contributed by atoms with Gasteiger partial charge >= 0.3 is 0 Å². The van der Waals surface area contributed by atoms with E-state index in [-0.39, 0.29) is 115 Å². The number of ether oxygens (including phenoxy) is 1. The summed E-state index contributed by atoms with van der Waals surface area (Å²) < 4.78 is 143. The SMILES string of the molecule is [2H]c1c([2H])c([2H])c2c(c1[2H])c1c([2H])c(C(C)(C)C)c([2H])c([2H])c1n2-c1ccc2c(c1)Oc1cc(-c3ccccc3)cc3c1B2c1ccc(-n2c4c([2H])c([2H])c([2H])c([2H])c4c4c([2H])c(C(C)(C)C)c([2H])c([2H])c42)cc1N3c1c(-c2ccccc2)cccc1-c1ccccc1. The van der Waals surface area contributed by atoms with Crippen LogP contribution in [0.1, 0.15) is 71.9 Å². The molecule has 0 bridgehead atoms. The minimum absolute atomic E-state index is 0.0428. The third-order valence-corrected chi connectivity index (χ3v) is 15.6. The van der Waals surface area contributed by atoms with Crippen LogP contribution in [-0.4, -0.2) is 15.8 Å². The molecule has 0 saturated heterocycles. The van der Waals surface area contributed by atoms with Gasteiger partial charge in [-0.3, -0.25) is 0 Å². The Kier molecular flexibility index (Phi) is 7.68. The van der Waals surface area contributed by atoms with Gasteiger partial charge in [0.1, 0.15) is 11.5 Å². The number of benzene rings is 11. The Balaban J connectivity index is 1.09. The van der Waals surface area contributed by atoms with Gasteiger partial charge < -0.3 is 18.8 Å². The smallest absolute Gasteiger partial charge is 0.256 e. The maximum atomic E-state index is 9.93. The first-order chi connectivity index (χ1) is 44.3. The topological polar surface area (TPSA) is 22.3 Å². The van der Waals surface area contributed by atoms with Gasteiger partial charge in [0, 0.05) is 61.5 Å². The van der Waals surface area contributed by atoms with Crippen LogP contribution in [0.15, 0.2) is 242 Å². The van der Waals surface area contributed by atoms with E-state index in [1.807, 2.05) is 151 Å². The van der Waals surface area contributed by atoms with Gasteiger partial charge in [-0.15, -0.1) is 0 Å². The predicted molar refractivity (Wildman–Crippen MR) is 335 cm³/mol. The molecular weight excluding hydrogens is 958 g/mol. The Morgan fingerprint density at radius 1 is 0.405 bits per heavy atom. The first-order valence-electron chi connectivity index (χ1n) is 33.6. The van der Waals surface area contributed by atoms with E-state index in [9.17, 15) is 13.7 Å². The highest BCUT2D eigenvalue weighted by atomic mass is 16.5. The largest absolute Gasteiger partial charge is 0.458 e. The van der Waals surface area contributed by atoms with E-state index in [4.69, 9.17) is 10.2 Å². The van der Waals surface area contributed by atoms with E-state index >= 15 is 0 Å². The van der Waals surface area contributed by atoms with Crippen molar-refractivity contribution in [2.75, 3.05) is 4.90 Å². The number of para-hydroxylation sites is 3. The molecule has 0 N–H and O–H groups in total. The zero-order chi connectivity index (χ0) is 65.5. The average molecular weight is 1030 g/mol. The standard InChI is InChI=1S/C74H58BN3O/c1-73(2,3)51-33-39-65-59(43-51)57-27-16-18-31-63(57)76(65)53-35-37-61-67(45-53)78(72-55(48-23-12-8-13-24-48)29-20-30-56(72)49-25-14-9-15-26-49)68-41-50(47-21-10-7-11-22-47)42-70-71(68)75(61)62-38-36-54(46-69(62)79-70)77-64-32-19-17-28-58(64)60-44-52(74(4,5)6)34-40-66(60)77/h7-46H,1-6H3/i16D,17D,18D,19D,27D,28D,31D,32D,33D,34D,39D,40D,43D,44D. The van der Waals surface area contributed by atoms with E-state index in [0.29, 0.717) is 34.0 Å². The van der Waals surface area contributed by atoms with Gasteiger partial charge in [-0.1, -0.05) is 211 Å². The molecule has 2 aliphatic heterocycles. The number of aromatic nitrogens is 2. The lowest BCUT2D eigenvalue weighted by molar-refractivity contribution is 0.487. The summed E-state index contributed by atoms with van der Waals surface area (Å²) in [6.45, 7) is 10.5. The summed E-state index contributed by atoms with van der Waals surface area (Å²) in [6.07, 6.45) is 0. The second-order valence-corrected chi connectivity index (χ2v) is 22.6. The summed E-state index contributed by atoms with van der Waals surface area (Å²) in [5.41, 5.74) is 9.67. The van der Waals surface area contributed by atoms with Gasteiger partial charge in [0.25, 0.3) is 6.71 Å². The normalized spacial score (nSPS) is 15.5. The second-order valence-electron chi connectivity index (χ2n) is 22.6. The molecule has 0 spiro atoms. The van der Waals surface area contributed by atoms with Crippen LogP contribution in [0.5, 0.6) is 11.5 Å². The molecule has 0 aliphatic carbocycles. The summed E-state index contributed by atoms with van der Waals surface area (Å²) in [5.74, 6) is 0.877. The van der Waals surface area contributed by atoms with Gasteiger partial charge in [0.05, 0.1) is 46.9 Å². The molecule has 378 valence electrons. The van der Waals surface area contributed by atoms with Crippen LogP contribution in [0.2, 0.25) is 0 Å². The van der Waals surface area contributed by atoms with Crippen molar-refractivity contribution in [1.29, 1.82) is 0 Å². The Hall–Kier alpha value is -9.32. The van der Waals surface area contributed by atoms with Crippen molar-refractivity contribution in [3.8, 4) is 56.3 Å². The van der Waals surface area contributed by atoms with Gasteiger partial charge in [-0.25, -0.2) is 0 Å². The van der Waals surface area contributed by atoms with Gasteiger partial charge in [0.2, 0.25) is 0 Å². The highest BCUT2D eigenvalue weighted by Gasteiger charge is 2.44. The summed E-state index contributed by atoms with van der Waals surface area (Å²) in [6, 6.07) is 47.4. The Labute approximate surface area is 482 Å². The first-order valence-corrected chi connectivity index (χ1v) is 26.6. The zero-order valence-corrected chi connectivity index (χ0v) is 44.3. The van der Waals surface area contributed by atoms with Crippen molar-refractivity contribution >= 4 is 83.8 Å². The van der Waals surface area contributed by atoms with Crippen molar-refractivity contribution < 1.29 is 23.9 Å². The average Bonchev–Trinajstić information content (AvgIpc) is 1.70. The molecule has 2 aromatic heterocycles. The fraction of sp³-hybridized carbons (Fsp3) is 0.108. The number of anilines is 3. The molecule has 2 aliphatic rings. The second kappa shape index (κ2) is 17.6. The molecule has 5 heteroatoms. The van der Waals surface area contributed by atoms with E-state index in [1.165, 1.54) is 0 Å². The molecule has 0 fully saturated rings. The third-order valence-electron chi connectivity index (χ3n) is 15.6. The molecule has 0 radical (unpaired) electrons. The number of hydrogen-bond acceptors (Lipinski definition) is 2. The van der Waals surface area contributed by atoms with E-state index < -0.39 is 41.7 Å². The number of nitrogens with zero attached hydrogens (tertiary/aromatic N) is 3. The lowest BCUT2D eigenvalue weighted by Gasteiger charge is -2.42. The fourth-order valence-electron chi connectivity index (χ4n) is 11.8. The highest BCUT2D eigenvalue weighted by Crippen LogP contribution is 2.51. The summed E-state index contributed by atoms with van der Waals surface area (Å²) >= 11 is 0. The molecule has 15 rings (SSSR count). The summed E-state index contributed by atoms with van der Waals surface area (Å²) in [5, 5.41) is 0.401. The third kappa shape index (κ3) is 7.43. The van der Waals surface area contributed by atoms with Crippen molar-refractivity contribution in [2.24, 2.45) is 0 Å². The number of hydrogen-bond donors (Lipinski definition) is 0. The molecule has 0 amide bonds. The lowest BCUT2D eigenvalue weighted by Crippen LogP contribution is -2.59. The monoisotopic (exact) mass is 1030 g/mol. The van der Waals surface area contributed by atoms with Crippen molar-refractivity contribution in [1.82, 2.24) is 9.13 Å². The minimum atomic E-state index is -0.798. The van der Waals surface area contributed by atoms with Gasteiger partial charge in [-0.2, -0.15) is 0 Å². The van der Waals surface area contributed by atoms with E-state index in [1.54, 1.807) is 15.2 Å². The Morgan fingerprint density at radius 2 is 0.899 bits per heavy atom. The zero-order valence-electron chi connectivity index (χ0n) is 58.3. The molecule has 0 unspecified atom stereocenters. The summed E-state index contributed by atoms with van der Waals surface area (Å²) in [4.78, 5) is 2.24. The number of rotatable bonds is 6. The molecule has 13 aromatic rings. The van der Waals surface area contributed by atoms with Crippen molar-refractivity contribution in [2.45, 2.75) is 52.4 Å². The minimum Gasteiger partial charge on any atom is -0.458 e. The van der Waals surface area contributed by atoms with Gasteiger partial charge in [0.15, 0.2) is 0 Å². The van der Waals surface area contributed by atoms with E-state index in [2.05, 4.69) is 47.4 Å². The van der Waals surface area contributed by atoms with Crippen LogP contribution < -0.4 is 26.0 Å². The lowest BCUT2D eigenvalue weighted by atomic mass is 9.34. The number of fused-ring (bicyclic) bond motifs is 10. The van der Waals surface area contributed by atoms with Crippen molar-refractivity contribution in [3.05, 3.63) is 253 Å². The van der Waals surface area contributed by atoms with E-state index in [0.717, 1.165) is 55.7 Å².